The Labute approximate surface area is 146 Å². The van der Waals surface area contributed by atoms with E-state index >= 15 is 0 Å². The fraction of sp³-hybridized carbons (Fsp3) is 0.733. The number of unbranched alkanes of at least 4 members (excludes halogenated alkanes) is 1. The summed E-state index contributed by atoms with van der Waals surface area (Å²) in [5.74, 6) is 0. The topological polar surface area (TPSA) is 76.6 Å². The molecule has 0 saturated carbocycles. The van der Waals surface area contributed by atoms with Crippen LogP contribution in [0.2, 0.25) is 0 Å². The maximum Gasteiger partial charge on any atom is 0.397 e. The summed E-state index contributed by atoms with van der Waals surface area (Å²) < 4.78 is 29.7. The van der Waals surface area contributed by atoms with Crippen LogP contribution in [0.25, 0.3) is 0 Å². The normalized spacial score (nSPS) is 16.1. The molecule has 0 unspecified atom stereocenters. The Bertz CT molecular complexity index is 482. The van der Waals surface area contributed by atoms with Crippen molar-refractivity contribution in [3.05, 3.63) is 24.8 Å². The van der Waals surface area contributed by atoms with Crippen molar-refractivity contribution >= 4 is 10.4 Å². The fourth-order valence-electron chi connectivity index (χ4n) is 1.89. The van der Waals surface area contributed by atoms with E-state index in [1.54, 1.807) is 0 Å². The number of nitrogens with zero attached hydrogens (tertiary/aromatic N) is 4. The Hall–Kier alpha value is -1.45. The highest BCUT2D eigenvalue weighted by Crippen LogP contribution is 2.04. The lowest BCUT2D eigenvalue weighted by Crippen LogP contribution is -2.23. The van der Waals surface area contributed by atoms with Crippen LogP contribution in [0.5, 0.6) is 0 Å². The molecule has 0 aromatic carbocycles. The number of hydrogen-bond donors (Lipinski definition) is 1. The third kappa shape index (κ3) is 12.0. The quantitative estimate of drug-likeness (QED) is 0.737. The lowest BCUT2D eigenvalue weighted by atomic mass is 10.3. The molecule has 2 aliphatic rings. The van der Waals surface area contributed by atoms with Crippen LogP contribution in [0.1, 0.15) is 26.7 Å². The van der Waals surface area contributed by atoms with Crippen molar-refractivity contribution in [1.82, 2.24) is 19.6 Å². The van der Waals surface area contributed by atoms with Crippen LogP contribution in [0.15, 0.2) is 24.8 Å². The van der Waals surface area contributed by atoms with E-state index in [2.05, 4.69) is 76.5 Å². The van der Waals surface area contributed by atoms with Gasteiger partial charge in [0.15, 0.2) is 0 Å². The fourth-order valence-corrected chi connectivity index (χ4v) is 1.89. The number of rotatable bonds is 5. The molecule has 0 bridgehead atoms. The van der Waals surface area contributed by atoms with E-state index in [9.17, 15) is 8.42 Å². The van der Waals surface area contributed by atoms with Gasteiger partial charge in [0.05, 0.1) is 20.4 Å². The van der Waals surface area contributed by atoms with Crippen molar-refractivity contribution in [2.75, 3.05) is 47.6 Å². The second-order valence-corrected chi connectivity index (χ2v) is 6.75. The van der Waals surface area contributed by atoms with E-state index < -0.39 is 10.4 Å². The molecule has 0 atom stereocenters. The first-order chi connectivity index (χ1) is 11.2. The second-order valence-electron chi connectivity index (χ2n) is 5.56. The van der Waals surface area contributed by atoms with Crippen LogP contribution in [0.4, 0.5) is 0 Å². The van der Waals surface area contributed by atoms with Crippen molar-refractivity contribution < 1.29 is 17.2 Å². The van der Waals surface area contributed by atoms with Gasteiger partial charge in [-0.3, -0.25) is 8.74 Å². The molecule has 0 aliphatic carbocycles. The number of hydrogen-bond acceptors (Lipinski definition) is 7. The molecule has 0 saturated heterocycles. The van der Waals surface area contributed by atoms with E-state index in [0.29, 0.717) is 0 Å². The van der Waals surface area contributed by atoms with Crippen molar-refractivity contribution in [3.63, 3.8) is 0 Å². The highest BCUT2D eigenvalue weighted by molar-refractivity contribution is 7.80. The average Bonchev–Trinajstić information content (AvgIpc) is 3.14. The van der Waals surface area contributed by atoms with E-state index in [-0.39, 0.29) is 0 Å². The minimum atomic E-state index is -4.16. The third-order valence-electron chi connectivity index (χ3n) is 3.29. The smallest absolute Gasteiger partial charge is 0.362 e. The van der Waals surface area contributed by atoms with Gasteiger partial charge in [0, 0.05) is 52.0 Å². The average molecular weight is 365 g/mol. The van der Waals surface area contributed by atoms with E-state index in [0.717, 1.165) is 27.0 Å². The molecule has 0 spiro atoms. The van der Waals surface area contributed by atoms with Gasteiger partial charge in [0.1, 0.15) is 0 Å². The van der Waals surface area contributed by atoms with Crippen molar-refractivity contribution in [1.29, 1.82) is 0 Å². The molecule has 1 N–H and O–H groups in total. The first kappa shape index (κ1) is 22.6. The lowest BCUT2D eigenvalue weighted by Gasteiger charge is -2.17. The van der Waals surface area contributed by atoms with Gasteiger partial charge in [-0.1, -0.05) is 13.3 Å². The summed E-state index contributed by atoms with van der Waals surface area (Å²) in [6, 6.07) is 0. The van der Waals surface area contributed by atoms with Crippen LogP contribution in [-0.2, 0) is 14.6 Å². The molecule has 0 radical (unpaired) electrons. The third-order valence-corrected chi connectivity index (χ3v) is 3.71. The Morgan fingerprint density at radius 2 is 1.46 bits per heavy atom. The van der Waals surface area contributed by atoms with Crippen molar-refractivity contribution in [3.8, 4) is 0 Å². The van der Waals surface area contributed by atoms with E-state index in [1.807, 2.05) is 0 Å². The van der Waals surface area contributed by atoms with Crippen molar-refractivity contribution in [2.24, 2.45) is 0 Å². The van der Waals surface area contributed by atoms with Crippen LogP contribution in [0, 0.1) is 0 Å². The van der Waals surface area contributed by atoms with Gasteiger partial charge in [0.25, 0.3) is 0 Å². The Kier molecular flexibility index (Phi) is 11.3. The van der Waals surface area contributed by atoms with Gasteiger partial charge in [-0.05, 0) is 13.3 Å². The van der Waals surface area contributed by atoms with Gasteiger partial charge >= 0.3 is 10.4 Å². The van der Waals surface area contributed by atoms with Gasteiger partial charge in [0.2, 0.25) is 0 Å². The maximum absolute atomic E-state index is 9.33. The van der Waals surface area contributed by atoms with Crippen LogP contribution in [0.3, 0.4) is 0 Å². The summed E-state index contributed by atoms with van der Waals surface area (Å²) in [5.41, 5.74) is 0. The lowest BCUT2D eigenvalue weighted by molar-refractivity contribution is 0.293. The van der Waals surface area contributed by atoms with Crippen LogP contribution < -0.4 is 0 Å². The Balaban J connectivity index is 0.000000343. The minimum absolute atomic E-state index is 0.870. The zero-order valence-corrected chi connectivity index (χ0v) is 16.2. The second kappa shape index (κ2) is 12.0. The predicted octanol–water partition coefficient (Wildman–Crippen LogP) is 1.58. The first-order valence-electron chi connectivity index (χ1n) is 8.00. The minimum Gasteiger partial charge on any atom is -0.362 e. The molecular formula is C15H32N4O4S. The van der Waals surface area contributed by atoms with Gasteiger partial charge < -0.3 is 19.6 Å². The predicted molar refractivity (Wildman–Crippen MR) is 96.1 cm³/mol. The van der Waals surface area contributed by atoms with E-state index in [4.69, 9.17) is 4.55 Å². The zero-order chi connectivity index (χ0) is 18.6. The standard InChI is InChI=1S/C8H16N2.C6H12N2.CH4O4S/c1-3-4-5-10-7-6-9(2)8-10;1-3-8-5-4-7(2)6-8;1-5-6(2,3)4/h6-7H,3-5,8H2,1-2H3;4-5H,3,6H2,1-2H3;1H3,(H,2,3,4). The summed E-state index contributed by atoms with van der Waals surface area (Å²) in [4.78, 5) is 8.93. The Morgan fingerprint density at radius 3 is 1.71 bits per heavy atom. The van der Waals surface area contributed by atoms with E-state index in [1.165, 1.54) is 19.4 Å². The Morgan fingerprint density at radius 1 is 1.00 bits per heavy atom. The van der Waals surface area contributed by atoms with Gasteiger partial charge in [-0.15, -0.1) is 0 Å². The molecular weight excluding hydrogens is 332 g/mol. The summed E-state index contributed by atoms with van der Waals surface area (Å²) in [5, 5.41) is 0. The zero-order valence-electron chi connectivity index (χ0n) is 15.4. The van der Waals surface area contributed by atoms with Gasteiger partial charge in [-0.25, -0.2) is 0 Å². The highest BCUT2D eigenvalue weighted by atomic mass is 32.3. The summed E-state index contributed by atoms with van der Waals surface area (Å²) in [6.07, 6.45) is 11.1. The molecule has 2 aliphatic heterocycles. The summed E-state index contributed by atoms with van der Waals surface area (Å²) in [6.45, 7) is 8.82. The molecule has 2 rings (SSSR count). The van der Waals surface area contributed by atoms with Crippen LogP contribution >= 0.6 is 0 Å². The largest absolute Gasteiger partial charge is 0.397 e. The summed E-state index contributed by atoms with van der Waals surface area (Å²) in [7, 11) is 0.884. The molecule has 0 aromatic heterocycles. The first-order valence-corrected chi connectivity index (χ1v) is 9.36. The highest BCUT2D eigenvalue weighted by Gasteiger charge is 2.05. The molecule has 142 valence electrons. The molecule has 9 heteroatoms. The monoisotopic (exact) mass is 364 g/mol. The van der Waals surface area contributed by atoms with Crippen LogP contribution in [-0.4, -0.2) is 80.2 Å². The maximum atomic E-state index is 9.33. The SMILES string of the molecule is CCCCN1C=CN(C)C1.CCN1C=CN(C)C1.COS(=O)(=O)O. The van der Waals surface area contributed by atoms with Crippen molar-refractivity contribution in [2.45, 2.75) is 26.7 Å². The molecule has 24 heavy (non-hydrogen) atoms. The molecule has 0 aromatic rings. The summed E-state index contributed by atoms with van der Waals surface area (Å²) >= 11 is 0. The molecule has 2 heterocycles. The molecule has 0 amide bonds. The van der Waals surface area contributed by atoms with Gasteiger partial charge in [-0.2, -0.15) is 8.42 Å². The molecule has 8 nitrogen and oxygen atoms in total. The molecule has 0 fully saturated rings.